The van der Waals surface area contributed by atoms with E-state index in [4.69, 9.17) is 10.00 Å². The van der Waals surface area contributed by atoms with E-state index in [1.54, 1.807) is 6.07 Å². The molecule has 0 radical (unpaired) electrons. The smallest absolute Gasteiger partial charge is 0.222 e. The minimum atomic E-state index is -3.74. The summed E-state index contributed by atoms with van der Waals surface area (Å²) in [7, 11) is -3.74. The quantitative estimate of drug-likeness (QED) is 0.894. The molecule has 0 bridgehead atoms. The predicted octanol–water partition coefficient (Wildman–Crippen LogP) is 2.22. The van der Waals surface area contributed by atoms with Crippen LogP contribution in [0.2, 0.25) is 0 Å². The lowest BCUT2D eigenvalue weighted by Gasteiger charge is -2.13. The zero-order valence-electron chi connectivity index (χ0n) is 12.9. The zero-order valence-corrected chi connectivity index (χ0v) is 13.7. The van der Waals surface area contributed by atoms with E-state index in [0.29, 0.717) is 0 Å². The Morgan fingerprint density at radius 2 is 2.12 bits per heavy atom. The lowest BCUT2D eigenvalue weighted by molar-refractivity contribution is 0.0907. The monoisotopic (exact) mass is 366 g/mol. The second-order valence-electron chi connectivity index (χ2n) is 5.65. The van der Waals surface area contributed by atoms with E-state index in [-0.39, 0.29) is 39.6 Å². The molecule has 0 amide bonds. The van der Waals surface area contributed by atoms with Crippen LogP contribution in [0, 0.1) is 17.1 Å². The summed E-state index contributed by atoms with van der Waals surface area (Å²) < 4.78 is 56.6. The van der Waals surface area contributed by atoms with E-state index in [0.717, 1.165) is 24.6 Å². The second kappa shape index (κ2) is 6.06. The van der Waals surface area contributed by atoms with Gasteiger partial charge in [-0.3, -0.25) is 0 Å². The molecule has 3 rings (SSSR count). The summed E-state index contributed by atoms with van der Waals surface area (Å²) in [6.07, 6.45) is -1.72. The third-order valence-electron chi connectivity index (χ3n) is 3.80. The van der Waals surface area contributed by atoms with Crippen LogP contribution in [0.25, 0.3) is 0 Å². The van der Waals surface area contributed by atoms with E-state index >= 15 is 0 Å². The molecule has 1 aliphatic carbocycles. The Bertz CT molecular complexity index is 1000. The molecule has 6 nitrogen and oxygen atoms in total. The van der Waals surface area contributed by atoms with Crippen molar-refractivity contribution in [2.45, 2.75) is 23.6 Å². The maximum absolute atomic E-state index is 13.9. The fourth-order valence-electron chi connectivity index (χ4n) is 2.72. The first kappa shape index (κ1) is 17.3. The summed E-state index contributed by atoms with van der Waals surface area (Å²) in [6, 6.07) is 5.06. The van der Waals surface area contributed by atoms with Gasteiger partial charge in [0.2, 0.25) is 5.88 Å². The number of nitriles is 1. The molecule has 0 spiro atoms. The number of hydrogen-bond donors (Lipinski definition) is 1. The third kappa shape index (κ3) is 3.18. The number of sulfone groups is 1. The molecule has 1 aromatic carbocycles. The summed E-state index contributed by atoms with van der Waals surface area (Å²) in [5.41, 5.74) is 0.0189. The topological polar surface area (TPSA) is 100 Å². The van der Waals surface area contributed by atoms with Crippen molar-refractivity contribution in [3.8, 4) is 17.7 Å². The van der Waals surface area contributed by atoms with Gasteiger partial charge < -0.3 is 9.84 Å². The minimum Gasteiger partial charge on any atom is -0.439 e. The number of ether oxygens (including phenoxy) is 1. The Morgan fingerprint density at radius 1 is 1.40 bits per heavy atom. The van der Waals surface area contributed by atoms with Gasteiger partial charge in [0.05, 0.1) is 16.5 Å². The van der Waals surface area contributed by atoms with Gasteiger partial charge in [-0.25, -0.2) is 22.2 Å². The summed E-state index contributed by atoms with van der Waals surface area (Å²) >= 11 is 0. The SMILES string of the molecule is CS(=O)(=O)c1cnc(Oc2cc(F)cc(C#N)c2)c2c1C(O)[C@H](F)C2. The van der Waals surface area contributed by atoms with E-state index in [2.05, 4.69) is 4.98 Å². The Kier molecular flexibility index (Phi) is 4.18. The van der Waals surface area contributed by atoms with Gasteiger partial charge in [-0.1, -0.05) is 0 Å². The molecular formula is C16H12F2N2O4S. The largest absolute Gasteiger partial charge is 0.439 e. The molecule has 0 saturated heterocycles. The van der Waals surface area contributed by atoms with Crippen molar-refractivity contribution in [3.05, 3.63) is 46.9 Å². The number of aromatic nitrogens is 1. The third-order valence-corrected chi connectivity index (χ3v) is 4.92. The molecule has 2 aromatic rings. The van der Waals surface area contributed by atoms with Gasteiger partial charge in [-0.2, -0.15) is 5.26 Å². The maximum atomic E-state index is 13.9. The molecule has 2 atom stereocenters. The highest BCUT2D eigenvalue weighted by Gasteiger charge is 2.38. The van der Waals surface area contributed by atoms with Crippen LogP contribution in [0.15, 0.2) is 29.3 Å². The molecule has 0 aliphatic heterocycles. The molecule has 0 fully saturated rings. The molecule has 0 saturated carbocycles. The molecule has 1 aromatic heterocycles. The van der Waals surface area contributed by atoms with Crippen molar-refractivity contribution in [2.75, 3.05) is 6.26 Å². The minimum absolute atomic E-state index is 0.0165. The first-order valence-electron chi connectivity index (χ1n) is 7.13. The number of nitrogens with zero attached hydrogens (tertiary/aromatic N) is 2. The van der Waals surface area contributed by atoms with Crippen LogP contribution in [-0.4, -0.2) is 30.9 Å². The lowest BCUT2D eigenvalue weighted by Crippen LogP contribution is -2.10. The number of benzene rings is 1. The molecule has 1 heterocycles. The summed E-state index contributed by atoms with van der Waals surface area (Å²) in [5, 5.41) is 18.9. The van der Waals surface area contributed by atoms with Crippen molar-refractivity contribution in [1.82, 2.24) is 4.98 Å². The van der Waals surface area contributed by atoms with E-state index < -0.39 is 27.9 Å². The number of alkyl halides is 1. The van der Waals surface area contributed by atoms with Gasteiger partial charge in [0, 0.05) is 36.1 Å². The van der Waals surface area contributed by atoms with Crippen LogP contribution >= 0.6 is 0 Å². The van der Waals surface area contributed by atoms with Crippen molar-refractivity contribution < 1.29 is 27.0 Å². The number of pyridine rings is 1. The van der Waals surface area contributed by atoms with E-state index in [9.17, 15) is 22.3 Å². The molecular weight excluding hydrogens is 354 g/mol. The number of fused-ring (bicyclic) bond motifs is 1. The summed E-state index contributed by atoms with van der Waals surface area (Å²) in [4.78, 5) is 3.60. The highest BCUT2D eigenvalue weighted by molar-refractivity contribution is 7.90. The summed E-state index contributed by atoms with van der Waals surface area (Å²) in [5.74, 6) is -0.895. The number of rotatable bonds is 3. The van der Waals surface area contributed by atoms with Gasteiger partial charge in [0.25, 0.3) is 0 Å². The lowest BCUT2D eigenvalue weighted by atomic mass is 10.1. The Labute approximate surface area is 142 Å². The molecule has 1 aliphatic rings. The Hall–Kier alpha value is -2.57. The maximum Gasteiger partial charge on any atom is 0.222 e. The standard InChI is InChI=1S/C16H12F2N2O4S/c1-25(22,23)13-7-20-16(11-5-12(18)15(21)14(11)13)24-10-3-8(6-19)2-9(17)4-10/h2-4,7,12,15,21H,5H2,1H3/t12-,15?/m1/s1. The van der Waals surface area contributed by atoms with Gasteiger partial charge >= 0.3 is 0 Å². The van der Waals surface area contributed by atoms with E-state index in [1.807, 2.05) is 0 Å². The average Bonchev–Trinajstić information content (AvgIpc) is 2.82. The number of aliphatic hydroxyl groups is 1. The second-order valence-corrected chi connectivity index (χ2v) is 7.63. The molecule has 1 unspecified atom stereocenters. The van der Waals surface area contributed by atoms with Gasteiger partial charge in [-0.15, -0.1) is 0 Å². The zero-order chi connectivity index (χ0) is 18.4. The fourth-order valence-corrected chi connectivity index (χ4v) is 3.61. The van der Waals surface area contributed by atoms with Crippen LogP contribution in [0.3, 0.4) is 0 Å². The predicted molar refractivity (Wildman–Crippen MR) is 82.1 cm³/mol. The van der Waals surface area contributed by atoms with Crippen molar-refractivity contribution >= 4 is 9.84 Å². The van der Waals surface area contributed by atoms with Crippen LogP contribution in [0.1, 0.15) is 22.8 Å². The number of halogens is 2. The normalized spacial score (nSPS) is 19.3. The van der Waals surface area contributed by atoms with Crippen LogP contribution in [0.4, 0.5) is 8.78 Å². The Balaban J connectivity index is 2.11. The first-order chi connectivity index (χ1) is 11.7. The van der Waals surface area contributed by atoms with Crippen molar-refractivity contribution in [2.24, 2.45) is 0 Å². The van der Waals surface area contributed by atoms with Crippen molar-refractivity contribution in [3.63, 3.8) is 0 Å². The van der Waals surface area contributed by atoms with Crippen LogP contribution < -0.4 is 4.74 Å². The Morgan fingerprint density at radius 3 is 2.76 bits per heavy atom. The first-order valence-corrected chi connectivity index (χ1v) is 9.02. The average molecular weight is 366 g/mol. The van der Waals surface area contributed by atoms with E-state index in [1.165, 1.54) is 6.07 Å². The van der Waals surface area contributed by atoms with Gasteiger partial charge in [0.15, 0.2) is 9.84 Å². The van der Waals surface area contributed by atoms with Crippen LogP contribution in [-0.2, 0) is 16.3 Å². The van der Waals surface area contributed by atoms with Gasteiger partial charge in [0.1, 0.15) is 23.8 Å². The number of hydrogen-bond acceptors (Lipinski definition) is 6. The molecule has 25 heavy (non-hydrogen) atoms. The summed E-state index contributed by atoms with van der Waals surface area (Å²) in [6.45, 7) is 0. The molecule has 1 N–H and O–H groups in total. The highest BCUT2D eigenvalue weighted by atomic mass is 32.2. The molecule has 9 heteroatoms. The van der Waals surface area contributed by atoms with Crippen molar-refractivity contribution in [1.29, 1.82) is 5.26 Å². The number of aliphatic hydroxyl groups excluding tert-OH is 1. The van der Waals surface area contributed by atoms with Gasteiger partial charge in [-0.05, 0) is 12.1 Å². The fraction of sp³-hybridized carbons (Fsp3) is 0.250. The molecule has 130 valence electrons. The van der Waals surface area contributed by atoms with Crippen LogP contribution in [0.5, 0.6) is 11.6 Å². The highest BCUT2D eigenvalue weighted by Crippen LogP contribution is 2.42.